The molecule has 0 aromatic rings. The molecule has 1 unspecified atom stereocenters. The minimum Gasteiger partial charge on any atom is -0.466 e. The third-order valence-electron chi connectivity index (χ3n) is 1.29. The quantitative estimate of drug-likeness (QED) is 0.462. The fourth-order valence-corrected chi connectivity index (χ4v) is 1.37. The number of ketones is 1. The van der Waals surface area contributed by atoms with E-state index in [1.54, 1.807) is 13.8 Å². The predicted molar refractivity (Wildman–Crippen MR) is 49.8 cm³/mol. The molecule has 0 saturated carbocycles. The molecule has 0 aromatic heterocycles. The monoisotopic (exact) mass is 206 g/mol. The molecule has 1 atom stereocenters. The fourth-order valence-electron chi connectivity index (χ4n) is 0.706. The van der Waals surface area contributed by atoms with E-state index in [1.807, 2.05) is 0 Å². The zero-order chi connectivity index (χ0) is 10.3. The molecule has 0 heterocycles. The second-order valence-electron chi connectivity index (χ2n) is 2.39. The van der Waals surface area contributed by atoms with Crippen molar-refractivity contribution < 1.29 is 18.5 Å². The molecule has 76 valence electrons. The lowest BCUT2D eigenvalue weighted by atomic mass is 10.3. The predicted octanol–water partition coefficient (Wildman–Crippen LogP) is 0.277. The summed E-state index contributed by atoms with van der Waals surface area (Å²) in [6.07, 6.45) is -0.264. The van der Waals surface area contributed by atoms with Gasteiger partial charge in [0.1, 0.15) is 6.42 Å². The van der Waals surface area contributed by atoms with Crippen molar-refractivity contribution in [3.63, 3.8) is 0 Å². The SMILES string of the molecule is CCOC(=O)CC(=O)CS(=O)CC. The van der Waals surface area contributed by atoms with Crippen molar-refractivity contribution in [1.29, 1.82) is 0 Å². The summed E-state index contributed by atoms with van der Waals surface area (Å²) in [5.74, 6) is -0.469. The van der Waals surface area contributed by atoms with Crippen molar-refractivity contribution in [1.82, 2.24) is 0 Å². The first-order valence-electron chi connectivity index (χ1n) is 4.12. The molecule has 0 radical (unpaired) electrons. The van der Waals surface area contributed by atoms with Crippen LogP contribution in [-0.4, -0.2) is 34.1 Å². The third kappa shape index (κ3) is 6.45. The molecule has 13 heavy (non-hydrogen) atoms. The maximum Gasteiger partial charge on any atom is 0.313 e. The molecule has 0 rings (SSSR count). The van der Waals surface area contributed by atoms with Gasteiger partial charge < -0.3 is 4.74 Å². The number of carbonyl (C=O) groups excluding carboxylic acids is 2. The van der Waals surface area contributed by atoms with Gasteiger partial charge in [-0.2, -0.15) is 0 Å². The van der Waals surface area contributed by atoms with E-state index in [1.165, 1.54) is 0 Å². The maximum absolute atomic E-state index is 11.0. The second kappa shape index (κ2) is 6.77. The molecule has 0 aliphatic carbocycles. The van der Waals surface area contributed by atoms with Crippen LogP contribution in [0.4, 0.5) is 0 Å². The number of rotatable bonds is 6. The summed E-state index contributed by atoms with van der Waals surface area (Å²) < 4.78 is 15.5. The van der Waals surface area contributed by atoms with Gasteiger partial charge in [-0.3, -0.25) is 13.8 Å². The molecule has 0 bridgehead atoms. The lowest BCUT2D eigenvalue weighted by Gasteiger charge is -2.00. The highest BCUT2D eigenvalue weighted by Crippen LogP contribution is 1.92. The highest BCUT2D eigenvalue weighted by atomic mass is 32.2. The average Bonchev–Trinajstić information content (AvgIpc) is 2.04. The minimum absolute atomic E-state index is 0.0463. The Hall–Kier alpha value is -0.710. The van der Waals surface area contributed by atoms with Crippen molar-refractivity contribution >= 4 is 22.6 Å². The average molecular weight is 206 g/mol. The van der Waals surface area contributed by atoms with Gasteiger partial charge in [0.15, 0.2) is 5.78 Å². The Morgan fingerprint density at radius 3 is 2.38 bits per heavy atom. The molecule has 5 heteroatoms. The van der Waals surface area contributed by atoms with Gasteiger partial charge >= 0.3 is 5.97 Å². The van der Waals surface area contributed by atoms with Crippen LogP contribution in [0.15, 0.2) is 0 Å². The Morgan fingerprint density at radius 2 is 1.92 bits per heavy atom. The number of hydrogen-bond donors (Lipinski definition) is 0. The lowest BCUT2D eigenvalue weighted by Crippen LogP contribution is -2.17. The van der Waals surface area contributed by atoms with E-state index in [-0.39, 0.29) is 24.6 Å². The number of Topliss-reactive ketones (excluding diaryl/α,β-unsaturated/α-hetero) is 1. The van der Waals surface area contributed by atoms with Gasteiger partial charge in [0.2, 0.25) is 0 Å². The molecule has 0 amide bonds. The highest BCUT2D eigenvalue weighted by molar-refractivity contribution is 7.85. The Morgan fingerprint density at radius 1 is 1.31 bits per heavy atom. The Labute approximate surface area is 80.1 Å². The molecule has 0 N–H and O–H groups in total. The van der Waals surface area contributed by atoms with Crippen molar-refractivity contribution in [2.45, 2.75) is 20.3 Å². The first-order chi connectivity index (χ1) is 6.10. The van der Waals surface area contributed by atoms with Crippen LogP contribution in [-0.2, 0) is 25.1 Å². The molecule has 0 saturated heterocycles. The van der Waals surface area contributed by atoms with E-state index >= 15 is 0 Å². The summed E-state index contributed by atoms with van der Waals surface area (Å²) in [6, 6.07) is 0. The smallest absolute Gasteiger partial charge is 0.313 e. The van der Waals surface area contributed by atoms with Crippen LogP contribution in [0.1, 0.15) is 20.3 Å². The fraction of sp³-hybridized carbons (Fsp3) is 0.750. The van der Waals surface area contributed by atoms with Gasteiger partial charge in [0, 0.05) is 16.6 Å². The molecule has 0 aromatic carbocycles. The van der Waals surface area contributed by atoms with Gasteiger partial charge in [-0.15, -0.1) is 0 Å². The van der Waals surface area contributed by atoms with Crippen LogP contribution in [0.3, 0.4) is 0 Å². The summed E-state index contributed by atoms with van der Waals surface area (Å²) in [5.41, 5.74) is 0. The first kappa shape index (κ1) is 12.3. The number of hydrogen-bond acceptors (Lipinski definition) is 4. The van der Waals surface area contributed by atoms with E-state index < -0.39 is 16.8 Å². The van der Waals surface area contributed by atoms with E-state index in [2.05, 4.69) is 4.74 Å². The number of ether oxygens (including phenoxy) is 1. The molecule has 0 spiro atoms. The van der Waals surface area contributed by atoms with E-state index in [0.717, 1.165) is 0 Å². The largest absolute Gasteiger partial charge is 0.466 e. The molecular weight excluding hydrogens is 192 g/mol. The van der Waals surface area contributed by atoms with Crippen LogP contribution in [0, 0.1) is 0 Å². The zero-order valence-corrected chi connectivity index (χ0v) is 8.69. The second-order valence-corrected chi connectivity index (χ2v) is 4.14. The Balaban J connectivity index is 3.74. The standard InChI is InChI=1S/C8H14O4S/c1-3-12-8(10)5-7(9)6-13(11)4-2/h3-6H2,1-2H3. The van der Waals surface area contributed by atoms with E-state index in [9.17, 15) is 13.8 Å². The van der Waals surface area contributed by atoms with Crippen LogP contribution >= 0.6 is 0 Å². The lowest BCUT2D eigenvalue weighted by molar-refractivity contribution is -0.145. The van der Waals surface area contributed by atoms with Crippen LogP contribution in [0.25, 0.3) is 0 Å². The van der Waals surface area contributed by atoms with Crippen molar-refractivity contribution in [3.8, 4) is 0 Å². The first-order valence-corrected chi connectivity index (χ1v) is 5.61. The van der Waals surface area contributed by atoms with Crippen molar-refractivity contribution in [2.24, 2.45) is 0 Å². The maximum atomic E-state index is 11.0. The van der Waals surface area contributed by atoms with Crippen LogP contribution < -0.4 is 0 Å². The van der Waals surface area contributed by atoms with Crippen molar-refractivity contribution in [3.05, 3.63) is 0 Å². The van der Waals surface area contributed by atoms with E-state index in [0.29, 0.717) is 5.75 Å². The van der Waals surface area contributed by atoms with Crippen LogP contribution in [0.5, 0.6) is 0 Å². The summed E-state index contributed by atoms with van der Waals surface area (Å²) in [4.78, 5) is 21.8. The van der Waals surface area contributed by atoms with Crippen LogP contribution in [0.2, 0.25) is 0 Å². The van der Waals surface area contributed by atoms with Crippen molar-refractivity contribution in [2.75, 3.05) is 18.1 Å². The number of esters is 1. The summed E-state index contributed by atoms with van der Waals surface area (Å²) in [5, 5.41) is 0. The molecule has 0 aliphatic rings. The topological polar surface area (TPSA) is 60.4 Å². The molecule has 0 fully saturated rings. The normalized spacial score (nSPS) is 12.2. The van der Waals surface area contributed by atoms with Gasteiger partial charge in [0.05, 0.1) is 12.4 Å². The molecular formula is C8H14O4S. The van der Waals surface area contributed by atoms with E-state index in [4.69, 9.17) is 0 Å². The van der Waals surface area contributed by atoms with Gasteiger partial charge in [-0.25, -0.2) is 0 Å². The Bertz CT molecular complexity index is 212. The highest BCUT2D eigenvalue weighted by Gasteiger charge is 2.12. The van der Waals surface area contributed by atoms with Gasteiger partial charge in [-0.1, -0.05) is 6.92 Å². The summed E-state index contributed by atoms with van der Waals surface area (Å²) in [6.45, 7) is 3.67. The summed E-state index contributed by atoms with van der Waals surface area (Å²) >= 11 is 0. The summed E-state index contributed by atoms with van der Waals surface area (Å²) in [7, 11) is -1.13. The molecule has 0 aliphatic heterocycles. The Kier molecular flexibility index (Phi) is 6.40. The zero-order valence-electron chi connectivity index (χ0n) is 7.87. The third-order valence-corrected chi connectivity index (χ3v) is 2.58. The van der Waals surface area contributed by atoms with Gasteiger partial charge in [-0.05, 0) is 6.92 Å². The molecule has 4 nitrogen and oxygen atoms in total. The van der Waals surface area contributed by atoms with Gasteiger partial charge in [0.25, 0.3) is 0 Å². The minimum atomic E-state index is -1.13. The number of carbonyl (C=O) groups is 2.